The van der Waals surface area contributed by atoms with Crippen molar-refractivity contribution in [1.82, 2.24) is 0 Å². The standard InChI is InChI=1S/C18H16O2/c1-12-6-7-17-14(8-12)9-13-4-2-3-5-16(13)18(17)20-11-15-10-19-15/h2-9,15H,10-11H2,1H3. The minimum absolute atomic E-state index is 0.273. The van der Waals surface area contributed by atoms with Crippen LogP contribution in [0.25, 0.3) is 21.5 Å². The minimum Gasteiger partial charge on any atom is -0.489 e. The van der Waals surface area contributed by atoms with Crippen LogP contribution in [0.4, 0.5) is 0 Å². The van der Waals surface area contributed by atoms with E-state index in [1.165, 1.54) is 27.1 Å². The molecule has 100 valence electrons. The van der Waals surface area contributed by atoms with Gasteiger partial charge >= 0.3 is 0 Å². The summed E-state index contributed by atoms with van der Waals surface area (Å²) in [6.45, 7) is 3.58. The second-order valence-corrected chi connectivity index (χ2v) is 5.42. The molecule has 2 nitrogen and oxygen atoms in total. The Morgan fingerprint density at radius 2 is 1.85 bits per heavy atom. The van der Waals surface area contributed by atoms with Gasteiger partial charge in [0.05, 0.1) is 6.61 Å². The maximum absolute atomic E-state index is 6.07. The quantitative estimate of drug-likeness (QED) is 0.525. The normalized spacial score (nSPS) is 17.6. The minimum atomic E-state index is 0.273. The average molecular weight is 264 g/mol. The zero-order chi connectivity index (χ0) is 13.5. The Hall–Kier alpha value is -2.06. The van der Waals surface area contributed by atoms with Crippen molar-refractivity contribution in [2.45, 2.75) is 13.0 Å². The van der Waals surface area contributed by atoms with Gasteiger partial charge in [-0.05, 0) is 23.8 Å². The van der Waals surface area contributed by atoms with Crippen molar-refractivity contribution >= 4 is 21.5 Å². The highest BCUT2D eigenvalue weighted by Gasteiger charge is 2.23. The van der Waals surface area contributed by atoms with Crippen LogP contribution < -0.4 is 4.74 Å². The lowest BCUT2D eigenvalue weighted by atomic mass is 10.0. The van der Waals surface area contributed by atoms with E-state index in [4.69, 9.17) is 9.47 Å². The number of rotatable bonds is 3. The second kappa shape index (κ2) is 4.50. The van der Waals surface area contributed by atoms with Crippen molar-refractivity contribution in [2.75, 3.05) is 13.2 Å². The molecule has 2 heteroatoms. The fourth-order valence-electron chi connectivity index (χ4n) is 2.65. The van der Waals surface area contributed by atoms with Gasteiger partial charge in [-0.3, -0.25) is 0 Å². The van der Waals surface area contributed by atoms with Crippen LogP contribution in [0, 0.1) is 6.92 Å². The molecular formula is C18H16O2. The summed E-state index contributed by atoms with van der Waals surface area (Å²) in [4.78, 5) is 0. The molecule has 3 aromatic rings. The lowest BCUT2D eigenvalue weighted by Crippen LogP contribution is -2.04. The summed E-state index contributed by atoms with van der Waals surface area (Å²) >= 11 is 0. The summed E-state index contributed by atoms with van der Waals surface area (Å²) in [5, 5.41) is 4.80. The SMILES string of the molecule is Cc1ccc2c(OCC3CO3)c3ccccc3cc2c1. The van der Waals surface area contributed by atoms with Crippen LogP contribution in [-0.4, -0.2) is 19.3 Å². The number of hydrogen-bond acceptors (Lipinski definition) is 2. The van der Waals surface area contributed by atoms with Crippen molar-refractivity contribution in [3.8, 4) is 5.75 Å². The maximum atomic E-state index is 6.07. The summed E-state index contributed by atoms with van der Waals surface area (Å²) in [5.74, 6) is 0.980. The monoisotopic (exact) mass is 264 g/mol. The Balaban J connectivity index is 1.96. The average Bonchev–Trinajstić information content (AvgIpc) is 3.27. The highest BCUT2D eigenvalue weighted by Crippen LogP contribution is 2.35. The first-order valence-corrected chi connectivity index (χ1v) is 6.98. The van der Waals surface area contributed by atoms with Crippen molar-refractivity contribution in [3.63, 3.8) is 0 Å². The highest BCUT2D eigenvalue weighted by atomic mass is 16.6. The van der Waals surface area contributed by atoms with Crippen molar-refractivity contribution in [2.24, 2.45) is 0 Å². The van der Waals surface area contributed by atoms with Gasteiger partial charge < -0.3 is 9.47 Å². The van der Waals surface area contributed by atoms with Crippen LogP contribution in [0.3, 0.4) is 0 Å². The van der Waals surface area contributed by atoms with E-state index >= 15 is 0 Å². The second-order valence-electron chi connectivity index (χ2n) is 5.42. The maximum Gasteiger partial charge on any atom is 0.135 e. The molecule has 1 aliphatic heterocycles. The Morgan fingerprint density at radius 3 is 2.70 bits per heavy atom. The number of fused-ring (bicyclic) bond motifs is 2. The molecule has 0 N–H and O–H groups in total. The van der Waals surface area contributed by atoms with Crippen LogP contribution in [0.1, 0.15) is 5.56 Å². The molecule has 1 heterocycles. The highest BCUT2D eigenvalue weighted by molar-refractivity contribution is 6.05. The molecule has 4 rings (SSSR count). The first kappa shape index (κ1) is 11.7. The summed E-state index contributed by atoms with van der Waals surface area (Å²) in [6, 6.07) is 17.1. The topological polar surface area (TPSA) is 21.8 Å². The molecule has 0 aromatic heterocycles. The predicted octanol–water partition coefficient (Wildman–Crippen LogP) is 4.08. The van der Waals surface area contributed by atoms with Crippen molar-refractivity contribution in [1.29, 1.82) is 0 Å². The Bertz CT molecular complexity index is 788. The van der Waals surface area contributed by atoms with Gasteiger partial charge in [0.15, 0.2) is 0 Å². The molecular weight excluding hydrogens is 248 g/mol. The zero-order valence-electron chi connectivity index (χ0n) is 11.4. The van der Waals surface area contributed by atoms with E-state index in [1.54, 1.807) is 0 Å². The molecule has 20 heavy (non-hydrogen) atoms. The fourth-order valence-corrected chi connectivity index (χ4v) is 2.65. The van der Waals surface area contributed by atoms with Crippen molar-refractivity contribution in [3.05, 3.63) is 54.1 Å². The van der Waals surface area contributed by atoms with Gasteiger partial charge in [-0.25, -0.2) is 0 Å². The van der Waals surface area contributed by atoms with E-state index in [-0.39, 0.29) is 6.10 Å². The zero-order valence-corrected chi connectivity index (χ0v) is 11.4. The number of ether oxygens (including phenoxy) is 2. The molecule has 3 aromatic carbocycles. The van der Waals surface area contributed by atoms with E-state index < -0.39 is 0 Å². The lowest BCUT2D eigenvalue weighted by Gasteiger charge is -2.13. The van der Waals surface area contributed by atoms with Crippen LogP contribution in [-0.2, 0) is 4.74 Å². The first-order valence-electron chi connectivity index (χ1n) is 6.98. The van der Waals surface area contributed by atoms with E-state index in [1.807, 2.05) is 0 Å². The Kier molecular flexibility index (Phi) is 2.64. The van der Waals surface area contributed by atoms with Crippen LogP contribution in [0.15, 0.2) is 48.5 Å². The third-order valence-electron chi connectivity index (χ3n) is 3.78. The molecule has 1 saturated heterocycles. The molecule has 0 aliphatic carbocycles. The molecule has 0 saturated carbocycles. The van der Waals surface area contributed by atoms with Crippen LogP contribution in [0.5, 0.6) is 5.75 Å². The number of aryl methyl sites for hydroxylation is 1. The summed E-state index contributed by atoms with van der Waals surface area (Å²) in [6.07, 6.45) is 0.273. The third kappa shape index (κ3) is 2.02. The molecule has 0 spiro atoms. The molecule has 0 bridgehead atoms. The molecule has 1 unspecified atom stereocenters. The smallest absolute Gasteiger partial charge is 0.135 e. The lowest BCUT2D eigenvalue weighted by molar-refractivity contribution is 0.267. The Morgan fingerprint density at radius 1 is 1.05 bits per heavy atom. The van der Waals surface area contributed by atoms with E-state index in [9.17, 15) is 0 Å². The van der Waals surface area contributed by atoms with Gasteiger partial charge in [-0.2, -0.15) is 0 Å². The van der Waals surface area contributed by atoms with Gasteiger partial charge in [0.1, 0.15) is 18.5 Å². The van der Waals surface area contributed by atoms with Gasteiger partial charge in [-0.15, -0.1) is 0 Å². The van der Waals surface area contributed by atoms with Gasteiger partial charge in [0, 0.05) is 10.8 Å². The van der Waals surface area contributed by atoms with Crippen molar-refractivity contribution < 1.29 is 9.47 Å². The van der Waals surface area contributed by atoms with E-state index in [0.29, 0.717) is 6.61 Å². The molecule has 1 fully saturated rings. The van der Waals surface area contributed by atoms with E-state index in [2.05, 4.69) is 55.5 Å². The van der Waals surface area contributed by atoms with Gasteiger partial charge in [-0.1, -0.05) is 48.0 Å². The number of epoxide rings is 1. The van der Waals surface area contributed by atoms with E-state index in [0.717, 1.165) is 12.4 Å². The summed E-state index contributed by atoms with van der Waals surface area (Å²) < 4.78 is 11.3. The van der Waals surface area contributed by atoms with Crippen LogP contribution >= 0.6 is 0 Å². The number of benzene rings is 3. The first-order chi connectivity index (χ1) is 9.81. The molecule has 1 atom stereocenters. The Labute approximate surface area is 117 Å². The third-order valence-corrected chi connectivity index (χ3v) is 3.78. The van der Waals surface area contributed by atoms with Crippen LogP contribution in [0.2, 0.25) is 0 Å². The molecule has 0 amide bonds. The largest absolute Gasteiger partial charge is 0.489 e. The molecule has 0 radical (unpaired) electrons. The number of hydrogen-bond donors (Lipinski definition) is 0. The van der Waals surface area contributed by atoms with Gasteiger partial charge in [0.25, 0.3) is 0 Å². The van der Waals surface area contributed by atoms with Gasteiger partial charge in [0.2, 0.25) is 0 Å². The fraction of sp³-hybridized carbons (Fsp3) is 0.222. The summed E-state index contributed by atoms with van der Waals surface area (Å²) in [7, 11) is 0. The molecule has 1 aliphatic rings. The summed E-state index contributed by atoms with van der Waals surface area (Å²) in [5.41, 5.74) is 1.27. The predicted molar refractivity (Wildman–Crippen MR) is 81.4 cm³/mol.